The van der Waals surface area contributed by atoms with Crippen molar-refractivity contribution in [3.05, 3.63) is 29.7 Å². The second kappa shape index (κ2) is 55.7. The minimum absolute atomic E-state index is 0. The van der Waals surface area contributed by atoms with Crippen LogP contribution in [0.15, 0.2) is 0 Å². The van der Waals surface area contributed by atoms with Crippen molar-refractivity contribution in [1.82, 2.24) is 0 Å². The van der Waals surface area contributed by atoms with Crippen molar-refractivity contribution in [3.8, 4) is 0 Å². The topological polar surface area (TPSA) is 0 Å². The molecule has 2 atom stereocenters. The molecule has 0 heterocycles. The van der Waals surface area contributed by atoms with Gasteiger partial charge in [-0.15, -0.1) is 0 Å². The minimum atomic E-state index is 0. The molecule has 0 bridgehead atoms. The van der Waals surface area contributed by atoms with Crippen LogP contribution >= 0.6 is 0 Å². The Labute approximate surface area is 357 Å². The maximum atomic E-state index is 4.57. The summed E-state index contributed by atoms with van der Waals surface area (Å²) < 4.78 is 0. The van der Waals surface area contributed by atoms with Crippen molar-refractivity contribution in [3.63, 3.8) is 0 Å². The molecule has 284 valence electrons. The first-order valence-corrected chi connectivity index (χ1v) is 29.5. The molecule has 0 saturated heterocycles. The van der Waals surface area contributed by atoms with Crippen molar-refractivity contribution < 1.29 is 34.1 Å². The first kappa shape index (κ1) is 68.0. The zero-order valence-electron chi connectivity index (χ0n) is 29.9. The minimum Gasteiger partial charge on any atom is -0.358 e. The van der Waals surface area contributed by atoms with Crippen LogP contribution in [0.25, 0.3) is 0 Å². The summed E-state index contributed by atoms with van der Waals surface area (Å²) in [5.41, 5.74) is 0. The Hall–Kier alpha value is 3.90. The smallest absolute Gasteiger partial charge is 0.358 e. The van der Waals surface area contributed by atoms with E-state index in [9.17, 15) is 0 Å². The van der Waals surface area contributed by atoms with Crippen LogP contribution in [-0.4, -0.2) is 0 Å². The molecule has 0 aliphatic heterocycles. The van der Waals surface area contributed by atoms with Crippen LogP contribution in [0.3, 0.4) is 0 Å². The van der Waals surface area contributed by atoms with E-state index < -0.39 is 0 Å². The fourth-order valence-electron chi connectivity index (χ4n) is 5.61. The van der Waals surface area contributed by atoms with Crippen LogP contribution < -0.4 is 0 Å². The third kappa shape index (κ3) is 50.0. The van der Waals surface area contributed by atoms with Gasteiger partial charge >= 0.3 is 34.1 Å². The van der Waals surface area contributed by atoms with E-state index in [0.29, 0.717) is 0 Å². The first-order valence-electron chi connectivity index (χ1n) is 14.9. The molecule has 15 heteroatoms. The van der Waals surface area contributed by atoms with Gasteiger partial charge in [-0.25, -0.2) is 0 Å². The fourth-order valence-corrected chi connectivity index (χ4v) is 19.3. The molecule has 4 aliphatic rings. The van der Waals surface area contributed by atoms with Crippen LogP contribution in [0.1, 0.15) is 144 Å². The third-order valence-corrected chi connectivity index (χ3v) is 23.4. The molecule has 0 aromatic rings. The Morgan fingerprint density at radius 1 is 0.413 bits per heavy atom. The van der Waals surface area contributed by atoms with Gasteiger partial charge in [0.05, 0.1) is 0 Å². The summed E-state index contributed by atoms with van der Waals surface area (Å²) >= 11 is 18.2. The SMILES string of the molecule is C1CCCC1.C1CCCC1.CC(C)C1CCCC1.CC(C)C1CCCC1C.S=S=S=S=S=S.S=S=S=S=S=S=S.[CH3-].[CH3-].[CH3-].[CH3-].[Fe+2].[Fe+2]. The number of rotatable bonds is 2. The van der Waals surface area contributed by atoms with E-state index >= 15 is 0 Å². The van der Waals surface area contributed by atoms with Gasteiger partial charge in [0, 0.05) is 125 Å². The Balaban J connectivity index is -0.0000000618. The van der Waals surface area contributed by atoms with Crippen molar-refractivity contribution in [2.24, 2.45) is 29.6 Å². The maximum absolute atomic E-state index is 4.57. The largest absolute Gasteiger partial charge is 2.00 e. The molecular formula is C31H66Fe2S13. The molecule has 0 spiro atoms. The van der Waals surface area contributed by atoms with Gasteiger partial charge in [0.2, 0.25) is 0 Å². The fraction of sp³-hybridized carbons (Fsp3) is 0.871. The number of hydrogen-bond acceptors (Lipinski definition) is 4. The van der Waals surface area contributed by atoms with Crippen molar-refractivity contribution in [1.29, 1.82) is 0 Å². The molecule has 46 heavy (non-hydrogen) atoms. The molecule has 0 nitrogen and oxygen atoms in total. The van der Waals surface area contributed by atoms with Gasteiger partial charge in [0.15, 0.2) is 0 Å². The van der Waals surface area contributed by atoms with E-state index in [4.69, 9.17) is 0 Å². The van der Waals surface area contributed by atoms with E-state index in [1.54, 1.807) is 26.6 Å². The normalized spacial score (nSPS) is 18.0. The summed E-state index contributed by atoms with van der Waals surface area (Å²) in [6.07, 6.45) is 25.4. The van der Waals surface area contributed by atoms with E-state index in [1.165, 1.54) is 162 Å². The Morgan fingerprint density at radius 3 is 0.891 bits per heavy atom. The van der Waals surface area contributed by atoms with Gasteiger partial charge in [0.25, 0.3) is 0 Å². The predicted molar refractivity (Wildman–Crippen MR) is 246 cm³/mol. The van der Waals surface area contributed by atoms with Gasteiger partial charge in [-0.05, 0) is 36.0 Å². The quantitative estimate of drug-likeness (QED) is 0.200. The van der Waals surface area contributed by atoms with Gasteiger partial charge in [0.1, 0.15) is 0 Å². The molecule has 4 aliphatic carbocycles. The van der Waals surface area contributed by atoms with E-state index in [-0.39, 0.29) is 63.8 Å². The molecule has 4 fully saturated rings. The summed E-state index contributed by atoms with van der Waals surface area (Å²) in [4.78, 5) is 0. The molecule has 4 rings (SSSR count). The van der Waals surface area contributed by atoms with Crippen LogP contribution in [0.5, 0.6) is 0 Å². The maximum Gasteiger partial charge on any atom is 2.00 e. The van der Waals surface area contributed by atoms with Crippen LogP contribution in [-0.2, 0) is 159 Å². The summed E-state index contributed by atoms with van der Waals surface area (Å²) in [5, 5.41) is 0. The van der Waals surface area contributed by atoms with Crippen LogP contribution in [0, 0.1) is 59.3 Å². The van der Waals surface area contributed by atoms with Gasteiger partial charge in [-0.3, -0.25) is 0 Å². The van der Waals surface area contributed by atoms with E-state index in [2.05, 4.69) is 79.4 Å². The van der Waals surface area contributed by atoms with Crippen LogP contribution in [0.2, 0.25) is 0 Å². The molecule has 4 saturated carbocycles. The number of hydrogen-bond donors (Lipinski definition) is 0. The summed E-state index contributed by atoms with van der Waals surface area (Å²) in [6.45, 7) is 11.8. The van der Waals surface area contributed by atoms with Crippen molar-refractivity contribution in [2.45, 2.75) is 144 Å². The second-order valence-electron chi connectivity index (χ2n) is 11.3. The first-order chi connectivity index (χ1) is 19.3. The predicted octanol–water partition coefficient (Wildman–Crippen LogP) is 11.6. The Morgan fingerprint density at radius 2 is 0.717 bits per heavy atom. The average Bonchev–Trinajstić information content (AvgIpc) is 3.78. The second-order valence-corrected chi connectivity index (χ2v) is 27.2. The molecule has 2 unspecified atom stereocenters. The average molecular weight is 967 g/mol. The zero-order valence-corrected chi connectivity index (χ0v) is 42.7. The molecule has 0 aromatic heterocycles. The van der Waals surface area contributed by atoms with Gasteiger partial charge < -0.3 is 29.7 Å². The zero-order chi connectivity index (χ0) is 30.3. The van der Waals surface area contributed by atoms with Gasteiger partial charge in [-0.2, -0.15) is 0 Å². The van der Waals surface area contributed by atoms with Crippen molar-refractivity contribution >= 4 is 125 Å². The van der Waals surface area contributed by atoms with Crippen molar-refractivity contribution in [2.75, 3.05) is 0 Å². The van der Waals surface area contributed by atoms with E-state index in [1.807, 2.05) is 0 Å². The molecule has 0 N–H and O–H groups in total. The van der Waals surface area contributed by atoms with Crippen LogP contribution in [0.4, 0.5) is 0 Å². The summed E-state index contributed by atoms with van der Waals surface area (Å²) in [6, 6.07) is 0. The summed E-state index contributed by atoms with van der Waals surface area (Å²) in [5.74, 6) is 4.96. The van der Waals surface area contributed by atoms with Gasteiger partial charge in [-0.1, -0.05) is 137 Å². The molecule has 0 aromatic carbocycles. The monoisotopic (exact) mass is 966 g/mol. The Kier molecular flexibility index (Phi) is 82.2. The Bertz CT molecular complexity index is 889. The summed E-state index contributed by atoms with van der Waals surface area (Å²) in [7, 11) is 13.0. The molecular weight excluding hydrogens is 901 g/mol. The molecule has 0 radical (unpaired) electrons. The molecule has 0 amide bonds. The van der Waals surface area contributed by atoms with E-state index in [0.717, 1.165) is 29.6 Å². The standard InChI is InChI=1S/C9H18.C8H16.2C5H10.4CH3.2Fe.S7.S6/c1-7(2)9-6-4-5-8(9)3;1-7(2)8-5-3-4-6-8;2*1-2-4-5-3-1;;;;;;;1-3-5-7-6-4-2;1-3-5-6-4-2/h7-9H,4-6H2,1-3H3;7-8H,3-6H2,1-2H3;2*1-5H2;4*1H3;;;;/q;;;;4*-1;2*+2;;. The third-order valence-electron chi connectivity index (χ3n) is 7.82.